The normalized spacial score (nSPS) is 32.9. The molecule has 6 nitrogen and oxygen atoms in total. The fourth-order valence-corrected chi connectivity index (χ4v) is 2.08. The van der Waals surface area contributed by atoms with Gasteiger partial charge in [0, 0.05) is 13.0 Å². The van der Waals surface area contributed by atoms with Crippen LogP contribution in [0.15, 0.2) is 0 Å². The molecule has 0 aromatic carbocycles. The van der Waals surface area contributed by atoms with Crippen LogP contribution < -0.4 is 5.73 Å². The molecular formula is C12H22N2O4. The van der Waals surface area contributed by atoms with E-state index in [4.69, 9.17) is 19.9 Å². The Kier molecular flexibility index (Phi) is 3.53. The molecule has 2 aliphatic rings. The monoisotopic (exact) mass is 258 g/mol. The van der Waals surface area contributed by atoms with Crippen molar-refractivity contribution in [1.82, 2.24) is 4.90 Å². The van der Waals surface area contributed by atoms with Crippen LogP contribution in [0.3, 0.4) is 0 Å². The number of hydrogen-bond acceptors (Lipinski definition) is 5. The van der Waals surface area contributed by atoms with Crippen molar-refractivity contribution in [2.24, 2.45) is 5.73 Å². The highest BCUT2D eigenvalue weighted by molar-refractivity contribution is 5.68. The molecule has 0 saturated carbocycles. The van der Waals surface area contributed by atoms with E-state index in [-0.39, 0.29) is 12.1 Å². The molecule has 2 fully saturated rings. The topological polar surface area (TPSA) is 74.0 Å². The van der Waals surface area contributed by atoms with E-state index >= 15 is 0 Å². The summed E-state index contributed by atoms with van der Waals surface area (Å²) in [7, 11) is 0. The Labute approximate surface area is 107 Å². The Balaban J connectivity index is 1.90. The maximum atomic E-state index is 11.9. The lowest BCUT2D eigenvalue weighted by molar-refractivity contribution is -0.261. The SMILES string of the molecule is CC(C)(C)OC(=O)N1CCC2(C1)OCC(N)CO2. The summed E-state index contributed by atoms with van der Waals surface area (Å²) in [5.74, 6) is -0.674. The number of hydrogen-bond donors (Lipinski definition) is 1. The van der Waals surface area contributed by atoms with Crippen molar-refractivity contribution in [1.29, 1.82) is 0 Å². The maximum absolute atomic E-state index is 11.9. The van der Waals surface area contributed by atoms with Crippen LogP contribution in [0.4, 0.5) is 4.79 Å². The van der Waals surface area contributed by atoms with Crippen molar-refractivity contribution in [3.8, 4) is 0 Å². The first-order valence-corrected chi connectivity index (χ1v) is 6.31. The van der Waals surface area contributed by atoms with E-state index in [1.807, 2.05) is 20.8 Å². The molecule has 2 heterocycles. The van der Waals surface area contributed by atoms with Gasteiger partial charge in [-0.15, -0.1) is 0 Å². The number of carbonyl (C=O) groups excluding carboxylic acids is 1. The predicted octanol–water partition coefficient (Wildman–Crippen LogP) is 0.698. The molecule has 1 amide bonds. The van der Waals surface area contributed by atoms with E-state index in [0.29, 0.717) is 32.7 Å². The van der Waals surface area contributed by atoms with Gasteiger partial charge in [0.05, 0.1) is 25.8 Å². The summed E-state index contributed by atoms with van der Waals surface area (Å²) < 4.78 is 16.6. The Hall–Kier alpha value is -0.850. The number of carbonyl (C=O) groups is 1. The van der Waals surface area contributed by atoms with E-state index in [2.05, 4.69) is 0 Å². The summed E-state index contributed by atoms with van der Waals surface area (Å²) in [6.45, 7) is 7.50. The van der Waals surface area contributed by atoms with E-state index in [0.717, 1.165) is 0 Å². The molecule has 2 aliphatic heterocycles. The summed E-state index contributed by atoms with van der Waals surface area (Å²) in [4.78, 5) is 13.5. The molecule has 0 atom stereocenters. The highest BCUT2D eigenvalue weighted by Crippen LogP contribution is 2.30. The molecule has 0 bridgehead atoms. The largest absolute Gasteiger partial charge is 0.444 e. The van der Waals surface area contributed by atoms with Gasteiger partial charge in [-0.05, 0) is 20.8 Å². The van der Waals surface area contributed by atoms with Crippen LogP contribution in [-0.4, -0.2) is 54.7 Å². The fraction of sp³-hybridized carbons (Fsp3) is 0.917. The first-order valence-electron chi connectivity index (χ1n) is 6.31. The van der Waals surface area contributed by atoms with Crippen molar-refractivity contribution < 1.29 is 19.0 Å². The smallest absolute Gasteiger partial charge is 0.410 e. The van der Waals surface area contributed by atoms with Crippen molar-refractivity contribution in [2.75, 3.05) is 26.3 Å². The molecule has 0 aromatic heterocycles. The lowest BCUT2D eigenvalue weighted by Crippen LogP contribution is -2.51. The Morgan fingerprint density at radius 3 is 2.56 bits per heavy atom. The molecule has 2 saturated heterocycles. The Morgan fingerprint density at radius 1 is 1.39 bits per heavy atom. The zero-order valence-electron chi connectivity index (χ0n) is 11.3. The van der Waals surface area contributed by atoms with Gasteiger partial charge in [-0.3, -0.25) is 0 Å². The average Bonchev–Trinajstić information content (AvgIpc) is 2.65. The molecule has 2 N–H and O–H groups in total. The van der Waals surface area contributed by atoms with Gasteiger partial charge in [-0.1, -0.05) is 0 Å². The number of likely N-dealkylation sites (tertiary alicyclic amines) is 1. The molecule has 1 spiro atoms. The van der Waals surface area contributed by atoms with Crippen LogP contribution in [0.5, 0.6) is 0 Å². The van der Waals surface area contributed by atoms with Gasteiger partial charge in [0.2, 0.25) is 0 Å². The third kappa shape index (κ3) is 3.13. The van der Waals surface area contributed by atoms with Crippen LogP contribution in [0.25, 0.3) is 0 Å². The highest BCUT2D eigenvalue weighted by atomic mass is 16.7. The number of nitrogens with two attached hydrogens (primary N) is 1. The van der Waals surface area contributed by atoms with Crippen molar-refractivity contribution >= 4 is 6.09 Å². The Bertz CT molecular complexity index is 319. The minimum atomic E-state index is -0.674. The minimum absolute atomic E-state index is 0.0776. The van der Waals surface area contributed by atoms with Gasteiger partial charge >= 0.3 is 6.09 Å². The van der Waals surface area contributed by atoms with Gasteiger partial charge in [-0.25, -0.2) is 4.79 Å². The Morgan fingerprint density at radius 2 is 2.00 bits per heavy atom. The third-order valence-corrected chi connectivity index (χ3v) is 2.97. The summed E-state index contributed by atoms with van der Waals surface area (Å²) in [6.07, 6.45) is 0.348. The van der Waals surface area contributed by atoms with E-state index < -0.39 is 11.4 Å². The standard InChI is InChI=1S/C12H22N2O4/c1-11(2,3)18-10(15)14-5-4-12(8-14)16-6-9(13)7-17-12/h9H,4-8,13H2,1-3H3. The van der Waals surface area contributed by atoms with Crippen molar-refractivity contribution in [3.05, 3.63) is 0 Å². The third-order valence-electron chi connectivity index (χ3n) is 2.97. The summed E-state index contributed by atoms with van der Waals surface area (Å²) >= 11 is 0. The quantitative estimate of drug-likeness (QED) is 0.692. The first kappa shape index (κ1) is 13.6. The van der Waals surface area contributed by atoms with E-state index in [9.17, 15) is 4.79 Å². The molecule has 0 radical (unpaired) electrons. The van der Waals surface area contributed by atoms with Crippen LogP contribution in [0, 0.1) is 0 Å². The molecular weight excluding hydrogens is 236 g/mol. The summed E-state index contributed by atoms with van der Waals surface area (Å²) in [6, 6.07) is -0.0776. The molecule has 2 rings (SSSR count). The minimum Gasteiger partial charge on any atom is -0.444 e. The highest BCUT2D eigenvalue weighted by Gasteiger charge is 2.45. The van der Waals surface area contributed by atoms with Crippen LogP contribution >= 0.6 is 0 Å². The van der Waals surface area contributed by atoms with Gasteiger partial charge in [-0.2, -0.15) is 0 Å². The second-order valence-corrected chi connectivity index (χ2v) is 5.94. The van der Waals surface area contributed by atoms with Gasteiger partial charge < -0.3 is 24.8 Å². The number of nitrogens with zero attached hydrogens (tertiary/aromatic N) is 1. The predicted molar refractivity (Wildman–Crippen MR) is 65.0 cm³/mol. The molecule has 0 aliphatic carbocycles. The second kappa shape index (κ2) is 4.68. The van der Waals surface area contributed by atoms with Crippen LogP contribution in [-0.2, 0) is 14.2 Å². The van der Waals surface area contributed by atoms with Crippen molar-refractivity contribution in [2.45, 2.75) is 44.6 Å². The van der Waals surface area contributed by atoms with Crippen LogP contribution in [0.2, 0.25) is 0 Å². The number of rotatable bonds is 0. The average molecular weight is 258 g/mol. The van der Waals surface area contributed by atoms with Crippen molar-refractivity contribution in [3.63, 3.8) is 0 Å². The van der Waals surface area contributed by atoms with Crippen LogP contribution in [0.1, 0.15) is 27.2 Å². The zero-order valence-corrected chi connectivity index (χ0v) is 11.3. The lowest BCUT2D eigenvalue weighted by atomic mass is 10.2. The zero-order chi connectivity index (χ0) is 13.4. The lowest BCUT2D eigenvalue weighted by Gasteiger charge is -2.36. The number of amides is 1. The molecule has 18 heavy (non-hydrogen) atoms. The summed E-state index contributed by atoms with van der Waals surface area (Å²) in [5.41, 5.74) is 5.23. The van der Waals surface area contributed by atoms with Gasteiger partial charge in [0.15, 0.2) is 5.79 Å². The molecule has 0 aromatic rings. The maximum Gasteiger partial charge on any atom is 0.410 e. The van der Waals surface area contributed by atoms with Gasteiger partial charge in [0.1, 0.15) is 5.60 Å². The van der Waals surface area contributed by atoms with E-state index in [1.165, 1.54) is 0 Å². The molecule has 6 heteroatoms. The molecule has 104 valence electrons. The van der Waals surface area contributed by atoms with Gasteiger partial charge in [0.25, 0.3) is 0 Å². The van der Waals surface area contributed by atoms with E-state index in [1.54, 1.807) is 4.90 Å². The summed E-state index contributed by atoms with van der Waals surface area (Å²) in [5, 5.41) is 0. The fourth-order valence-electron chi connectivity index (χ4n) is 2.08. The number of ether oxygens (including phenoxy) is 3. The first-order chi connectivity index (χ1) is 8.30. The second-order valence-electron chi connectivity index (χ2n) is 5.94. The molecule has 0 unspecified atom stereocenters.